The Morgan fingerprint density at radius 3 is 2.48 bits per heavy atom. The fourth-order valence-electron chi connectivity index (χ4n) is 3.90. The molecule has 1 atom stereocenters. The largest absolute Gasteiger partial charge is 0.384 e. The zero-order valence-corrected chi connectivity index (χ0v) is 15.4. The zero-order valence-electron chi connectivity index (χ0n) is 14.6. The van der Waals surface area contributed by atoms with Gasteiger partial charge in [0.15, 0.2) is 9.84 Å². The van der Waals surface area contributed by atoms with Crippen molar-refractivity contribution in [1.29, 1.82) is 0 Å². The summed E-state index contributed by atoms with van der Waals surface area (Å²) in [5, 5.41) is 0. The van der Waals surface area contributed by atoms with Crippen LogP contribution in [0.5, 0.6) is 0 Å². The molecule has 0 aromatic carbocycles. The Morgan fingerprint density at radius 2 is 1.96 bits per heavy atom. The third-order valence-electron chi connectivity index (χ3n) is 5.64. The maximum Gasteiger partial charge on any atom is 0.219 e. The van der Waals surface area contributed by atoms with Crippen LogP contribution in [0.4, 0.5) is 0 Å². The van der Waals surface area contributed by atoms with Crippen LogP contribution in [-0.2, 0) is 19.4 Å². The van der Waals surface area contributed by atoms with Crippen molar-refractivity contribution in [2.45, 2.75) is 26.7 Å². The monoisotopic (exact) mass is 346 g/mol. The lowest BCUT2D eigenvalue weighted by Crippen LogP contribution is -2.46. The van der Waals surface area contributed by atoms with Gasteiger partial charge >= 0.3 is 0 Å². The van der Waals surface area contributed by atoms with Crippen LogP contribution in [0.3, 0.4) is 0 Å². The fourth-order valence-corrected chi connectivity index (χ4v) is 4.73. The Bertz CT molecular complexity index is 512. The summed E-state index contributed by atoms with van der Waals surface area (Å²) in [6.07, 6.45) is 2.02. The molecule has 0 aromatic rings. The lowest BCUT2D eigenvalue weighted by Gasteiger charge is -2.42. The van der Waals surface area contributed by atoms with Gasteiger partial charge in [-0.25, -0.2) is 8.42 Å². The molecule has 23 heavy (non-hydrogen) atoms. The van der Waals surface area contributed by atoms with Crippen LogP contribution in [0.2, 0.25) is 0 Å². The normalized spacial score (nSPS) is 25.2. The van der Waals surface area contributed by atoms with Gasteiger partial charge in [-0.05, 0) is 31.3 Å². The van der Waals surface area contributed by atoms with Crippen LogP contribution < -0.4 is 0 Å². The van der Waals surface area contributed by atoms with Crippen molar-refractivity contribution >= 4 is 15.7 Å². The van der Waals surface area contributed by atoms with E-state index in [1.807, 2.05) is 4.90 Å². The number of hydrogen-bond acceptors (Lipinski definition) is 5. The number of carbonyl (C=O) groups excluding carboxylic acids is 1. The molecule has 1 amide bonds. The van der Waals surface area contributed by atoms with Crippen molar-refractivity contribution in [1.82, 2.24) is 9.80 Å². The molecule has 0 aromatic heterocycles. The number of sulfone groups is 1. The average molecular weight is 346 g/mol. The van der Waals surface area contributed by atoms with E-state index in [1.165, 1.54) is 0 Å². The van der Waals surface area contributed by atoms with E-state index in [-0.39, 0.29) is 22.8 Å². The summed E-state index contributed by atoms with van der Waals surface area (Å²) < 4.78 is 28.7. The fraction of sp³-hybridized carbons (Fsp3) is 0.938. The van der Waals surface area contributed by atoms with Gasteiger partial charge in [-0.2, -0.15) is 0 Å². The van der Waals surface area contributed by atoms with Gasteiger partial charge in [0.2, 0.25) is 5.91 Å². The lowest BCUT2D eigenvalue weighted by molar-refractivity contribution is -0.128. The maximum absolute atomic E-state index is 11.7. The maximum atomic E-state index is 11.7. The summed E-state index contributed by atoms with van der Waals surface area (Å²) in [6, 6.07) is 0. The minimum absolute atomic E-state index is 0.138. The number of hydrogen-bond donors (Lipinski definition) is 0. The predicted molar refractivity (Wildman–Crippen MR) is 90.1 cm³/mol. The van der Waals surface area contributed by atoms with Crippen molar-refractivity contribution in [2.75, 3.05) is 57.9 Å². The molecule has 2 aliphatic heterocycles. The second kappa shape index (κ2) is 7.49. The highest BCUT2D eigenvalue weighted by Gasteiger charge is 2.48. The molecular formula is C16H30N2O4S. The van der Waals surface area contributed by atoms with E-state index in [0.29, 0.717) is 19.1 Å². The number of rotatable bonds is 6. The number of piperidine rings is 1. The molecule has 0 bridgehead atoms. The Labute approximate surface area is 140 Å². The van der Waals surface area contributed by atoms with Crippen molar-refractivity contribution < 1.29 is 17.9 Å². The molecule has 6 nitrogen and oxygen atoms in total. The lowest BCUT2D eigenvalue weighted by atomic mass is 9.71. The number of ether oxygens (including phenoxy) is 1. The highest BCUT2D eigenvalue weighted by atomic mass is 32.2. The van der Waals surface area contributed by atoms with Gasteiger partial charge in [0.05, 0.1) is 12.4 Å². The molecule has 2 heterocycles. The number of likely N-dealkylation sites (tertiary alicyclic amines) is 2. The molecular weight excluding hydrogens is 316 g/mol. The van der Waals surface area contributed by atoms with Gasteiger partial charge in [0.25, 0.3) is 0 Å². The van der Waals surface area contributed by atoms with E-state index < -0.39 is 9.84 Å². The molecule has 2 saturated heterocycles. The first kappa shape index (κ1) is 18.7. The SMILES string of the molecule is CCS(=O)(=O)CCN1CCC2(CC1)CN(C(C)=O)C[C@H]2COC. The van der Waals surface area contributed by atoms with E-state index in [9.17, 15) is 13.2 Å². The van der Waals surface area contributed by atoms with Crippen molar-refractivity contribution in [2.24, 2.45) is 11.3 Å². The molecule has 7 heteroatoms. The van der Waals surface area contributed by atoms with Gasteiger partial charge in [0.1, 0.15) is 0 Å². The molecule has 2 rings (SSSR count). The summed E-state index contributed by atoms with van der Waals surface area (Å²) in [4.78, 5) is 15.9. The molecule has 134 valence electrons. The van der Waals surface area contributed by atoms with Crippen molar-refractivity contribution in [3.8, 4) is 0 Å². The Kier molecular flexibility index (Phi) is 6.08. The Morgan fingerprint density at radius 1 is 1.30 bits per heavy atom. The summed E-state index contributed by atoms with van der Waals surface area (Å²) in [5.74, 6) is 0.989. The van der Waals surface area contributed by atoms with E-state index >= 15 is 0 Å². The number of carbonyl (C=O) groups is 1. The van der Waals surface area contributed by atoms with E-state index in [0.717, 1.165) is 39.0 Å². The molecule has 0 N–H and O–H groups in total. The topological polar surface area (TPSA) is 66.9 Å². The van der Waals surface area contributed by atoms with Crippen LogP contribution >= 0.6 is 0 Å². The summed E-state index contributed by atoms with van der Waals surface area (Å²) in [5.41, 5.74) is 0.141. The van der Waals surface area contributed by atoms with Crippen LogP contribution in [0, 0.1) is 11.3 Å². The van der Waals surface area contributed by atoms with Gasteiger partial charge < -0.3 is 14.5 Å². The molecule has 0 saturated carbocycles. The predicted octanol–water partition coefficient (Wildman–Crippen LogP) is 0.628. The molecule has 0 unspecified atom stereocenters. The van der Waals surface area contributed by atoms with Crippen molar-refractivity contribution in [3.05, 3.63) is 0 Å². The average Bonchev–Trinajstić information content (AvgIpc) is 2.86. The van der Waals surface area contributed by atoms with Gasteiger partial charge in [-0.15, -0.1) is 0 Å². The quantitative estimate of drug-likeness (QED) is 0.706. The molecule has 0 radical (unpaired) electrons. The second-order valence-electron chi connectivity index (χ2n) is 6.99. The standard InChI is InChI=1S/C16H30N2O4S/c1-4-23(20,21)10-9-17-7-5-16(6-8-17)13-18(14(2)19)11-15(16)12-22-3/h15H,4-13H2,1-3H3/t15-/m0/s1. The van der Waals surface area contributed by atoms with Crippen molar-refractivity contribution in [3.63, 3.8) is 0 Å². The van der Waals surface area contributed by atoms with Gasteiger partial charge in [0, 0.05) is 45.3 Å². The summed E-state index contributed by atoms with van der Waals surface area (Å²) in [7, 11) is -1.18. The molecule has 2 fully saturated rings. The van der Waals surface area contributed by atoms with Crippen LogP contribution in [0.1, 0.15) is 26.7 Å². The first-order chi connectivity index (χ1) is 10.8. The van der Waals surface area contributed by atoms with Gasteiger partial charge in [-0.1, -0.05) is 6.92 Å². The number of nitrogens with zero attached hydrogens (tertiary/aromatic N) is 2. The highest BCUT2D eigenvalue weighted by Crippen LogP contribution is 2.44. The minimum Gasteiger partial charge on any atom is -0.384 e. The number of amides is 1. The van der Waals surface area contributed by atoms with Crippen LogP contribution in [0.25, 0.3) is 0 Å². The van der Waals surface area contributed by atoms with Gasteiger partial charge in [-0.3, -0.25) is 4.79 Å². The Balaban J connectivity index is 1.94. The van der Waals surface area contributed by atoms with Crippen LogP contribution in [0.15, 0.2) is 0 Å². The smallest absolute Gasteiger partial charge is 0.219 e. The second-order valence-corrected chi connectivity index (χ2v) is 9.46. The van der Waals surface area contributed by atoms with E-state index in [1.54, 1.807) is 21.0 Å². The summed E-state index contributed by atoms with van der Waals surface area (Å²) in [6.45, 7) is 8.06. The molecule has 0 aliphatic carbocycles. The molecule has 1 spiro atoms. The van der Waals surface area contributed by atoms with E-state index in [2.05, 4.69) is 4.90 Å². The zero-order chi connectivity index (χ0) is 17.1. The first-order valence-corrected chi connectivity index (χ1v) is 10.3. The minimum atomic E-state index is -2.90. The summed E-state index contributed by atoms with van der Waals surface area (Å²) >= 11 is 0. The Hall–Kier alpha value is -0.660. The van der Waals surface area contributed by atoms with Crippen LogP contribution in [-0.4, -0.2) is 82.1 Å². The third kappa shape index (κ3) is 4.45. The number of methoxy groups -OCH3 is 1. The molecule has 2 aliphatic rings. The van der Waals surface area contributed by atoms with E-state index in [4.69, 9.17) is 4.74 Å². The first-order valence-electron chi connectivity index (χ1n) is 8.49. The highest BCUT2D eigenvalue weighted by molar-refractivity contribution is 7.91. The third-order valence-corrected chi connectivity index (χ3v) is 7.32.